The van der Waals surface area contributed by atoms with Crippen molar-refractivity contribution in [1.82, 2.24) is 10.6 Å². The van der Waals surface area contributed by atoms with Crippen LogP contribution in [0.1, 0.15) is 74.1 Å². The Labute approximate surface area is 272 Å². The fourth-order valence-corrected chi connectivity index (χ4v) is 5.40. The van der Waals surface area contributed by atoms with Crippen LogP contribution in [0.15, 0.2) is 121 Å². The van der Waals surface area contributed by atoms with Crippen LogP contribution in [0.3, 0.4) is 0 Å². The van der Waals surface area contributed by atoms with Gasteiger partial charge in [-0.05, 0) is 49.9 Å². The minimum absolute atomic E-state index is 0.145. The van der Waals surface area contributed by atoms with Crippen LogP contribution in [-0.4, -0.2) is 34.2 Å². The van der Waals surface area contributed by atoms with Gasteiger partial charge in [-0.25, -0.2) is 0 Å². The minimum atomic E-state index is -0.840. The normalized spacial score (nSPS) is 16.2. The maximum absolute atomic E-state index is 12.6. The van der Waals surface area contributed by atoms with Crippen molar-refractivity contribution >= 4 is 11.8 Å². The number of nitrogens with two attached hydrogens (primary N) is 2. The Morgan fingerprint density at radius 2 is 0.717 bits per heavy atom. The summed E-state index contributed by atoms with van der Waals surface area (Å²) in [5.74, 6) is -1.90. The molecule has 8 N–H and O–H groups in total. The number of amides is 2. The quantitative estimate of drug-likeness (QED) is 0.129. The molecule has 0 radical (unpaired) electrons. The van der Waals surface area contributed by atoms with Crippen molar-refractivity contribution in [2.75, 3.05) is 0 Å². The summed E-state index contributed by atoms with van der Waals surface area (Å²) >= 11 is 0. The summed E-state index contributed by atoms with van der Waals surface area (Å²) in [7, 11) is 0. The molecule has 0 fully saturated rings. The van der Waals surface area contributed by atoms with E-state index in [-0.39, 0.29) is 23.9 Å². The topological polar surface area (TPSA) is 151 Å². The molecule has 0 aliphatic carbocycles. The highest BCUT2D eigenvalue weighted by molar-refractivity contribution is 5.81. The summed E-state index contributed by atoms with van der Waals surface area (Å²) in [4.78, 5) is 25.3. The van der Waals surface area contributed by atoms with Gasteiger partial charge < -0.3 is 32.3 Å². The molecule has 0 spiro atoms. The van der Waals surface area contributed by atoms with E-state index >= 15 is 0 Å². The number of hydrogen-bond acceptors (Lipinski definition) is 6. The third-order valence-electron chi connectivity index (χ3n) is 8.10. The minimum Gasteiger partial charge on any atom is -0.393 e. The van der Waals surface area contributed by atoms with Crippen LogP contribution in [0.2, 0.25) is 0 Å². The molecule has 4 aromatic rings. The Balaban J connectivity index is 0.000000250. The Hall–Kier alpha value is -4.34. The number of aliphatic hydroxyl groups excluding tert-OH is 2. The van der Waals surface area contributed by atoms with Crippen LogP contribution in [0.4, 0.5) is 0 Å². The Morgan fingerprint density at radius 1 is 0.478 bits per heavy atom. The molecule has 2 amide bonds. The van der Waals surface area contributed by atoms with Gasteiger partial charge in [0.05, 0.1) is 36.1 Å². The van der Waals surface area contributed by atoms with Gasteiger partial charge in [-0.15, -0.1) is 0 Å². The molecular weight excluding hydrogens is 576 g/mol. The summed E-state index contributed by atoms with van der Waals surface area (Å²) in [6.07, 6.45) is -1.68. The predicted octanol–water partition coefficient (Wildman–Crippen LogP) is 5.12. The molecule has 8 heteroatoms. The van der Waals surface area contributed by atoms with Crippen LogP contribution in [0.25, 0.3) is 0 Å². The van der Waals surface area contributed by atoms with Gasteiger partial charge in [0.1, 0.15) is 0 Å². The van der Waals surface area contributed by atoms with Crippen molar-refractivity contribution in [2.24, 2.45) is 23.3 Å². The molecule has 8 nitrogen and oxygen atoms in total. The lowest BCUT2D eigenvalue weighted by atomic mass is 9.88. The van der Waals surface area contributed by atoms with Crippen LogP contribution < -0.4 is 22.1 Å². The van der Waals surface area contributed by atoms with Crippen molar-refractivity contribution in [3.8, 4) is 0 Å². The van der Waals surface area contributed by atoms with Crippen molar-refractivity contribution in [2.45, 2.75) is 64.1 Å². The zero-order chi connectivity index (χ0) is 33.6. The maximum atomic E-state index is 12.6. The van der Waals surface area contributed by atoms with E-state index in [4.69, 9.17) is 11.5 Å². The molecule has 0 bridgehead atoms. The summed E-state index contributed by atoms with van der Waals surface area (Å²) < 4.78 is 0. The number of rotatable bonds is 12. The third kappa shape index (κ3) is 10.4. The number of carbonyl (C=O) groups is 2. The monoisotopic (exact) mass is 624 g/mol. The van der Waals surface area contributed by atoms with Crippen LogP contribution in [0, 0.1) is 11.8 Å². The Kier molecular flexibility index (Phi) is 14.1. The molecule has 0 unspecified atom stereocenters. The number of benzene rings is 4. The standard InChI is InChI=1S/2C19H24N2O2/c2*1-13(15-9-5-3-6-10-15)21-19(23)17(14(2)22)18(20)16-11-7-4-8-12-16/h2*3-14,17-18,22H,20H2,1-2H3,(H,21,23)/t2*13-,14+,17+,18-/m00/s1. The van der Waals surface area contributed by atoms with Gasteiger partial charge in [-0.3, -0.25) is 9.59 Å². The number of nitrogens with one attached hydrogen (secondary N) is 2. The van der Waals surface area contributed by atoms with Crippen molar-refractivity contribution in [1.29, 1.82) is 0 Å². The average molecular weight is 625 g/mol. The van der Waals surface area contributed by atoms with Crippen molar-refractivity contribution in [3.05, 3.63) is 144 Å². The molecule has 8 atom stereocenters. The van der Waals surface area contributed by atoms with E-state index in [2.05, 4.69) is 10.6 Å². The molecule has 46 heavy (non-hydrogen) atoms. The van der Waals surface area contributed by atoms with E-state index in [1.54, 1.807) is 13.8 Å². The molecule has 0 aromatic heterocycles. The Bertz CT molecular complexity index is 1340. The van der Waals surface area contributed by atoms with E-state index in [9.17, 15) is 19.8 Å². The van der Waals surface area contributed by atoms with Gasteiger partial charge in [-0.2, -0.15) is 0 Å². The van der Waals surface area contributed by atoms with Gasteiger partial charge >= 0.3 is 0 Å². The number of carbonyl (C=O) groups excluding carboxylic acids is 2. The van der Waals surface area contributed by atoms with Crippen molar-refractivity contribution < 1.29 is 19.8 Å². The van der Waals surface area contributed by atoms with Gasteiger partial charge in [0, 0.05) is 12.1 Å². The van der Waals surface area contributed by atoms with Gasteiger partial charge in [0.25, 0.3) is 0 Å². The van der Waals surface area contributed by atoms with E-state index < -0.39 is 36.1 Å². The second-order valence-corrected chi connectivity index (χ2v) is 11.7. The van der Waals surface area contributed by atoms with E-state index in [1.165, 1.54) is 0 Å². The first kappa shape index (κ1) is 36.1. The fourth-order valence-electron chi connectivity index (χ4n) is 5.40. The first-order valence-electron chi connectivity index (χ1n) is 15.7. The zero-order valence-electron chi connectivity index (χ0n) is 27.0. The van der Waals surface area contributed by atoms with Gasteiger partial charge in [0.2, 0.25) is 11.8 Å². The highest BCUT2D eigenvalue weighted by atomic mass is 16.3. The molecule has 0 saturated heterocycles. The largest absolute Gasteiger partial charge is 0.393 e. The molecule has 4 rings (SSSR count). The maximum Gasteiger partial charge on any atom is 0.228 e. The molecule has 0 aliphatic rings. The molecule has 244 valence electrons. The second-order valence-electron chi connectivity index (χ2n) is 11.7. The lowest BCUT2D eigenvalue weighted by Gasteiger charge is -2.27. The van der Waals surface area contributed by atoms with Crippen LogP contribution in [0.5, 0.6) is 0 Å². The smallest absolute Gasteiger partial charge is 0.228 e. The average Bonchev–Trinajstić information content (AvgIpc) is 3.06. The first-order chi connectivity index (χ1) is 22.0. The second kappa shape index (κ2) is 18.0. The number of hydrogen-bond donors (Lipinski definition) is 6. The van der Waals surface area contributed by atoms with Crippen LogP contribution >= 0.6 is 0 Å². The zero-order valence-corrected chi connectivity index (χ0v) is 27.0. The lowest BCUT2D eigenvalue weighted by molar-refractivity contribution is -0.130. The SMILES string of the molecule is C[C@H](NC(=O)[C@H]([C@@H](C)O)[C@@H](N)c1ccccc1)c1ccccc1.C[C@H](NC(=O)[C@H]([C@@H](C)O)[C@@H](N)c1ccccc1)c1ccccc1. The fraction of sp³-hybridized carbons (Fsp3) is 0.316. The van der Waals surface area contributed by atoms with Crippen LogP contribution in [-0.2, 0) is 9.59 Å². The third-order valence-corrected chi connectivity index (χ3v) is 8.10. The van der Waals surface area contributed by atoms with E-state index in [1.807, 2.05) is 135 Å². The predicted molar refractivity (Wildman–Crippen MR) is 183 cm³/mol. The summed E-state index contributed by atoms with van der Waals surface area (Å²) in [6.45, 7) is 7.03. The lowest BCUT2D eigenvalue weighted by Crippen LogP contribution is -2.43. The van der Waals surface area contributed by atoms with E-state index in [0.29, 0.717) is 0 Å². The van der Waals surface area contributed by atoms with Crippen molar-refractivity contribution in [3.63, 3.8) is 0 Å². The van der Waals surface area contributed by atoms with E-state index in [0.717, 1.165) is 22.3 Å². The molecule has 0 heterocycles. The molecule has 0 aliphatic heterocycles. The molecule has 0 saturated carbocycles. The highest BCUT2D eigenvalue weighted by Gasteiger charge is 2.33. The first-order valence-corrected chi connectivity index (χ1v) is 15.7. The summed E-state index contributed by atoms with van der Waals surface area (Å²) in [5.41, 5.74) is 16.2. The van der Waals surface area contributed by atoms with Gasteiger partial charge in [0.15, 0.2) is 0 Å². The van der Waals surface area contributed by atoms with Gasteiger partial charge in [-0.1, -0.05) is 121 Å². The Morgan fingerprint density at radius 3 is 0.957 bits per heavy atom. The summed E-state index contributed by atoms with van der Waals surface area (Å²) in [6, 6.07) is 36.8. The highest BCUT2D eigenvalue weighted by Crippen LogP contribution is 2.25. The summed E-state index contributed by atoms with van der Waals surface area (Å²) in [5, 5.41) is 26.0. The number of aliphatic hydroxyl groups is 2. The molecular formula is C38H48N4O4. The molecule has 4 aromatic carbocycles.